The lowest BCUT2D eigenvalue weighted by Gasteiger charge is -2.17. The van der Waals surface area contributed by atoms with Gasteiger partial charge in [-0.1, -0.05) is 48.7 Å². The monoisotopic (exact) mass is 443 g/mol. The first-order valence-electron chi connectivity index (χ1n) is 9.66. The fraction of sp³-hybridized carbons (Fsp3) is 0.318. The second-order valence-corrected chi connectivity index (χ2v) is 7.82. The molecule has 2 aromatic carbocycles. The van der Waals surface area contributed by atoms with E-state index in [1.807, 2.05) is 43.4 Å². The van der Waals surface area contributed by atoms with E-state index in [2.05, 4.69) is 17.2 Å². The Morgan fingerprint density at radius 2 is 2.10 bits per heavy atom. The summed E-state index contributed by atoms with van der Waals surface area (Å²) in [7, 11) is 1.61. The van der Waals surface area contributed by atoms with E-state index in [4.69, 9.17) is 33.0 Å². The molecule has 1 heterocycles. The Morgan fingerprint density at radius 3 is 2.77 bits per heavy atom. The molecule has 3 rings (SSSR count). The van der Waals surface area contributed by atoms with Crippen molar-refractivity contribution in [2.75, 3.05) is 13.7 Å². The molecule has 0 amide bonds. The van der Waals surface area contributed by atoms with Crippen LogP contribution >= 0.6 is 23.2 Å². The predicted molar refractivity (Wildman–Crippen MR) is 122 cm³/mol. The summed E-state index contributed by atoms with van der Waals surface area (Å²) in [5, 5.41) is 19.5. The molecule has 0 aromatic heterocycles. The van der Waals surface area contributed by atoms with Gasteiger partial charge in [-0.05, 0) is 42.7 Å². The van der Waals surface area contributed by atoms with Crippen molar-refractivity contribution in [1.82, 2.24) is 10.3 Å². The van der Waals surface area contributed by atoms with E-state index in [-0.39, 0.29) is 5.92 Å². The van der Waals surface area contributed by atoms with Crippen LogP contribution in [0.5, 0.6) is 5.75 Å². The third-order valence-electron chi connectivity index (χ3n) is 4.92. The van der Waals surface area contributed by atoms with Crippen LogP contribution in [0.4, 0.5) is 5.69 Å². The molecule has 156 valence electrons. The van der Waals surface area contributed by atoms with Crippen molar-refractivity contribution in [2.45, 2.75) is 26.7 Å². The largest absolute Gasteiger partial charge is 0.497 e. The second kappa shape index (κ2) is 9.84. The first-order valence-corrected chi connectivity index (χ1v) is 10.4. The summed E-state index contributed by atoms with van der Waals surface area (Å²) < 4.78 is 5.30. The normalized spacial score (nSPS) is 16.3. The average Bonchev–Trinajstić information content (AvgIpc) is 3.15. The van der Waals surface area contributed by atoms with Gasteiger partial charge in [-0.3, -0.25) is 5.32 Å². The van der Waals surface area contributed by atoms with E-state index in [0.717, 1.165) is 29.7 Å². The minimum atomic E-state index is 0.185. The minimum Gasteiger partial charge on any atom is -0.497 e. The van der Waals surface area contributed by atoms with Gasteiger partial charge in [0.25, 0.3) is 0 Å². The fourth-order valence-electron chi connectivity index (χ4n) is 3.36. The molecule has 0 aliphatic carbocycles. The molecule has 1 aliphatic rings. The Balaban J connectivity index is 2.01. The van der Waals surface area contributed by atoms with Crippen LogP contribution < -0.4 is 10.1 Å². The number of benzene rings is 2. The number of hydrogen-bond acceptors (Lipinski definition) is 4. The van der Waals surface area contributed by atoms with Crippen LogP contribution in [-0.2, 0) is 0 Å². The zero-order valence-corrected chi connectivity index (χ0v) is 18.6. The van der Waals surface area contributed by atoms with Gasteiger partial charge in [0, 0.05) is 12.0 Å². The number of halogens is 2. The highest BCUT2D eigenvalue weighted by molar-refractivity contribution is 6.42. The molecule has 30 heavy (non-hydrogen) atoms. The van der Waals surface area contributed by atoms with Crippen molar-refractivity contribution in [1.29, 1.82) is 5.26 Å². The topological polar surface area (TPSA) is 73.0 Å². The first kappa shape index (κ1) is 21.9. The van der Waals surface area contributed by atoms with E-state index in [0.29, 0.717) is 34.0 Å². The molecule has 0 fully saturated rings. The van der Waals surface area contributed by atoms with Gasteiger partial charge in [0.2, 0.25) is 5.96 Å². The van der Waals surface area contributed by atoms with Crippen LogP contribution in [-0.4, -0.2) is 30.3 Å². The lowest BCUT2D eigenvalue weighted by molar-refractivity contribution is 0.414. The number of aliphatic imine (C=N–C) groups is 1. The Hall–Kier alpha value is -2.75. The van der Waals surface area contributed by atoms with Crippen LogP contribution in [0.1, 0.15) is 30.9 Å². The van der Waals surface area contributed by atoms with Gasteiger partial charge in [0.1, 0.15) is 5.75 Å². The zero-order valence-electron chi connectivity index (χ0n) is 17.1. The maximum atomic E-state index is 9.29. The average molecular weight is 444 g/mol. The summed E-state index contributed by atoms with van der Waals surface area (Å²) >= 11 is 12.3. The van der Waals surface area contributed by atoms with Crippen LogP contribution in [0.15, 0.2) is 46.5 Å². The molecular formula is C22H23Cl2N5O. The van der Waals surface area contributed by atoms with Crippen molar-refractivity contribution in [3.8, 4) is 11.9 Å². The van der Waals surface area contributed by atoms with Crippen LogP contribution in [0.2, 0.25) is 10.0 Å². The molecule has 8 heteroatoms. The number of nitriles is 1. The van der Waals surface area contributed by atoms with Gasteiger partial charge >= 0.3 is 0 Å². The number of ether oxygens (including phenoxy) is 1. The quantitative estimate of drug-likeness (QED) is 0.286. The standard InChI is InChI=1S/C22H23Cl2N5O/c1-4-5-16-12-29(28-21(16)15-7-9-18(23)19(24)10-15)22(26-13-25)27-20-11-17(30-3)8-6-14(20)2/h6-11,16H,4-5,12H2,1-3H3,(H,26,27). The molecule has 0 saturated heterocycles. The van der Waals surface area contributed by atoms with Gasteiger partial charge in [0.05, 0.1) is 35.1 Å². The lowest BCUT2D eigenvalue weighted by Crippen LogP contribution is -2.35. The van der Waals surface area contributed by atoms with Crippen LogP contribution in [0, 0.1) is 24.3 Å². The van der Waals surface area contributed by atoms with Crippen molar-refractivity contribution < 1.29 is 4.74 Å². The molecule has 1 aliphatic heterocycles. The summed E-state index contributed by atoms with van der Waals surface area (Å²) in [5.41, 5.74) is 3.49. The van der Waals surface area contributed by atoms with E-state index in [1.165, 1.54) is 0 Å². The van der Waals surface area contributed by atoms with Crippen molar-refractivity contribution in [3.05, 3.63) is 57.6 Å². The fourth-order valence-corrected chi connectivity index (χ4v) is 3.66. The highest BCUT2D eigenvalue weighted by Crippen LogP contribution is 2.30. The van der Waals surface area contributed by atoms with Gasteiger partial charge < -0.3 is 4.74 Å². The molecule has 6 nitrogen and oxygen atoms in total. The number of rotatable bonds is 5. The third kappa shape index (κ3) is 4.86. The number of methoxy groups -OCH3 is 1. The number of hydrazone groups is 1. The Labute approximate surface area is 186 Å². The van der Waals surface area contributed by atoms with E-state index in [9.17, 15) is 5.26 Å². The number of nitrogens with zero attached hydrogens (tertiary/aromatic N) is 4. The highest BCUT2D eigenvalue weighted by Gasteiger charge is 2.30. The maximum Gasteiger partial charge on any atom is 0.233 e. The molecule has 1 atom stereocenters. The summed E-state index contributed by atoms with van der Waals surface area (Å²) in [6.45, 7) is 4.70. The molecule has 0 radical (unpaired) electrons. The number of aryl methyl sites for hydroxylation is 1. The first-order chi connectivity index (χ1) is 14.5. The van der Waals surface area contributed by atoms with Crippen LogP contribution in [0.25, 0.3) is 0 Å². The third-order valence-corrected chi connectivity index (χ3v) is 5.65. The summed E-state index contributed by atoms with van der Waals surface area (Å²) in [4.78, 5) is 4.67. The zero-order chi connectivity index (χ0) is 21.7. The maximum absolute atomic E-state index is 9.29. The summed E-state index contributed by atoms with van der Waals surface area (Å²) in [6, 6.07) is 11.2. The molecule has 1 unspecified atom stereocenters. The number of hydrogen-bond donors (Lipinski definition) is 1. The van der Waals surface area contributed by atoms with E-state index in [1.54, 1.807) is 18.2 Å². The molecular weight excluding hydrogens is 421 g/mol. The second-order valence-electron chi connectivity index (χ2n) is 7.01. The number of nitrogens with one attached hydrogen (secondary N) is 1. The van der Waals surface area contributed by atoms with Gasteiger partial charge in [-0.15, -0.1) is 0 Å². The Morgan fingerprint density at radius 1 is 1.30 bits per heavy atom. The van der Waals surface area contributed by atoms with E-state index >= 15 is 0 Å². The van der Waals surface area contributed by atoms with Crippen LogP contribution in [0.3, 0.4) is 0 Å². The predicted octanol–water partition coefficient (Wildman–Crippen LogP) is 5.50. The molecule has 0 spiro atoms. The van der Waals surface area contributed by atoms with Gasteiger partial charge in [-0.2, -0.15) is 10.4 Å². The SMILES string of the molecule is CCCC1CN(C(=Nc2cc(OC)ccc2C)NC#N)N=C1c1ccc(Cl)c(Cl)c1. The highest BCUT2D eigenvalue weighted by atomic mass is 35.5. The van der Waals surface area contributed by atoms with Crippen molar-refractivity contribution in [2.24, 2.45) is 16.0 Å². The van der Waals surface area contributed by atoms with Crippen molar-refractivity contribution >= 4 is 40.6 Å². The van der Waals surface area contributed by atoms with Gasteiger partial charge in [-0.25, -0.2) is 10.0 Å². The Bertz CT molecular complexity index is 1030. The lowest BCUT2D eigenvalue weighted by atomic mass is 9.93. The van der Waals surface area contributed by atoms with Crippen molar-refractivity contribution in [3.63, 3.8) is 0 Å². The summed E-state index contributed by atoms with van der Waals surface area (Å²) in [5.74, 6) is 1.25. The molecule has 0 saturated carbocycles. The molecule has 1 N–H and O–H groups in total. The number of guanidine groups is 1. The molecule has 0 bridgehead atoms. The van der Waals surface area contributed by atoms with E-state index < -0.39 is 0 Å². The minimum absolute atomic E-state index is 0.185. The Kier molecular flexibility index (Phi) is 7.20. The van der Waals surface area contributed by atoms with Gasteiger partial charge in [0.15, 0.2) is 6.19 Å². The smallest absolute Gasteiger partial charge is 0.233 e. The summed E-state index contributed by atoms with van der Waals surface area (Å²) in [6.07, 6.45) is 3.93. The molecule has 2 aromatic rings.